The van der Waals surface area contributed by atoms with Gasteiger partial charge in [0.1, 0.15) is 0 Å². The fraction of sp³-hybridized carbons (Fsp3) is 1.00. The van der Waals surface area contributed by atoms with E-state index >= 15 is 0 Å². The second kappa shape index (κ2) is 9.90. The Morgan fingerprint density at radius 1 is 0.941 bits per heavy atom. The zero-order chi connectivity index (χ0) is 12.3. The highest BCUT2D eigenvalue weighted by atomic mass is 16.3. The molecule has 2 heteroatoms. The average molecular weight is 241 g/mol. The van der Waals surface area contributed by atoms with E-state index in [0.717, 1.165) is 25.3 Å². The minimum atomic E-state index is 0.00456. The molecule has 0 atom stereocenters. The highest BCUT2D eigenvalue weighted by Crippen LogP contribution is 2.25. The van der Waals surface area contributed by atoms with Crippen LogP contribution in [0.1, 0.15) is 71.1 Å². The van der Waals surface area contributed by atoms with E-state index in [-0.39, 0.29) is 6.10 Å². The molecule has 17 heavy (non-hydrogen) atoms. The van der Waals surface area contributed by atoms with Crippen LogP contribution < -0.4 is 5.32 Å². The summed E-state index contributed by atoms with van der Waals surface area (Å²) < 4.78 is 0. The number of rotatable bonds is 11. The summed E-state index contributed by atoms with van der Waals surface area (Å²) in [5.41, 5.74) is 0. The molecule has 1 aliphatic rings. The number of hydrogen-bond donors (Lipinski definition) is 2. The summed E-state index contributed by atoms with van der Waals surface area (Å²) in [5.74, 6) is 0.749. The van der Waals surface area contributed by atoms with Crippen LogP contribution in [0.2, 0.25) is 0 Å². The number of aliphatic hydroxyl groups is 1. The molecule has 0 aromatic heterocycles. The summed E-state index contributed by atoms with van der Waals surface area (Å²) in [4.78, 5) is 0. The van der Waals surface area contributed by atoms with Gasteiger partial charge in [-0.1, -0.05) is 51.9 Å². The van der Waals surface area contributed by atoms with Crippen molar-refractivity contribution in [1.29, 1.82) is 0 Å². The maximum atomic E-state index is 9.15. The van der Waals surface area contributed by atoms with Crippen molar-refractivity contribution in [3.8, 4) is 0 Å². The molecule has 1 fully saturated rings. The summed E-state index contributed by atoms with van der Waals surface area (Å²) in [7, 11) is 0. The smallest absolute Gasteiger partial charge is 0.0546 e. The minimum absolute atomic E-state index is 0.00456. The van der Waals surface area contributed by atoms with Gasteiger partial charge in [-0.2, -0.15) is 0 Å². The van der Waals surface area contributed by atoms with Crippen LogP contribution in [0, 0.1) is 5.92 Å². The van der Waals surface area contributed by atoms with Crippen LogP contribution in [0.25, 0.3) is 0 Å². The van der Waals surface area contributed by atoms with Gasteiger partial charge in [0.2, 0.25) is 0 Å². The first-order valence-electron chi connectivity index (χ1n) is 7.71. The second-order valence-corrected chi connectivity index (χ2v) is 5.67. The molecule has 0 unspecified atom stereocenters. The van der Waals surface area contributed by atoms with Crippen molar-refractivity contribution in [2.75, 3.05) is 13.1 Å². The molecule has 0 aromatic carbocycles. The van der Waals surface area contributed by atoms with Crippen LogP contribution in [0.3, 0.4) is 0 Å². The van der Waals surface area contributed by atoms with E-state index in [1.165, 1.54) is 57.9 Å². The Morgan fingerprint density at radius 3 is 2.12 bits per heavy atom. The first-order chi connectivity index (χ1) is 8.33. The zero-order valence-electron chi connectivity index (χ0n) is 11.6. The third kappa shape index (κ3) is 7.77. The minimum Gasteiger partial charge on any atom is -0.393 e. The van der Waals surface area contributed by atoms with Crippen molar-refractivity contribution >= 4 is 0 Å². The Morgan fingerprint density at radius 2 is 1.53 bits per heavy atom. The van der Waals surface area contributed by atoms with Crippen molar-refractivity contribution in [1.82, 2.24) is 5.32 Å². The van der Waals surface area contributed by atoms with Crippen LogP contribution in [-0.2, 0) is 0 Å². The zero-order valence-corrected chi connectivity index (χ0v) is 11.6. The predicted molar refractivity (Wildman–Crippen MR) is 74.2 cm³/mol. The normalized spacial score (nSPS) is 23.6. The number of hydrogen-bond acceptors (Lipinski definition) is 2. The van der Waals surface area contributed by atoms with Gasteiger partial charge in [0, 0.05) is 0 Å². The van der Waals surface area contributed by atoms with Gasteiger partial charge in [-0.05, 0) is 38.3 Å². The SMILES string of the molecule is CCCCCCCCCCNCC1CC(O)C1. The molecule has 1 saturated carbocycles. The van der Waals surface area contributed by atoms with E-state index in [1.807, 2.05) is 0 Å². The van der Waals surface area contributed by atoms with E-state index in [2.05, 4.69) is 12.2 Å². The topological polar surface area (TPSA) is 32.3 Å². The van der Waals surface area contributed by atoms with Gasteiger partial charge < -0.3 is 10.4 Å². The monoisotopic (exact) mass is 241 g/mol. The molecule has 2 nitrogen and oxygen atoms in total. The number of unbranched alkanes of at least 4 members (excludes halogenated alkanes) is 7. The third-order valence-corrected chi connectivity index (χ3v) is 3.85. The summed E-state index contributed by atoms with van der Waals surface area (Å²) in [6.45, 7) is 4.56. The van der Waals surface area contributed by atoms with Crippen molar-refractivity contribution in [3.05, 3.63) is 0 Å². The Balaban J connectivity index is 1.67. The molecule has 0 aromatic rings. The van der Waals surface area contributed by atoms with Crippen LogP contribution in [0.15, 0.2) is 0 Å². The lowest BCUT2D eigenvalue weighted by molar-refractivity contribution is 0.0431. The Labute approximate surface area is 107 Å². The highest BCUT2D eigenvalue weighted by molar-refractivity contribution is 4.79. The van der Waals surface area contributed by atoms with Crippen molar-refractivity contribution in [2.24, 2.45) is 5.92 Å². The van der Waals surface area contributed by atoms with E-state index in [4.69, 9.17) is 5.11 Å². The maximum Gasteiger partial charge on any atom is 0.0546 e. The molecule has 1 rings (SSSR count). The Bertz CT molecular complexity index is 166. The molecule has 0 spiro atoms. The second-order valence-electron chi connectivity index (χ2n) is 5.67. The quantitative estimate of drug-likeness (QED) is 0.543. The molecular formula is C15H31NO. The predicted octanol–water partition coefficient (Wildman–Crippen LogP) is 3.49. The fourth-order valence-electron chi connectivity index (χ4n) is 2.56. The molecule has 2 N–H and O–H groups in total. The van der Waals surface area contributed by atoms with Crippen molar-refractivity contribution in [3.63, 3.8) is 0 Å². The van der Waals surface area contributed by atoms with Gasteiger partial charge in [0.25, 0.3) is 0 Å². The molecule has 0 amide bonds. The molecule has 1 aliphatic carbocycles. The van der Waals surface area contributed by atoms with Crippen LogP contribution in [-0.4, -0.2) is 24.3 Å². The molecule has 0 heterocycles. The van der Waals surface area contributed by atoms with Crippen LogP contribution in [0.4, 0.5) is 0 Å². The van der Waals surface area contributed by atoms with Gasteiger partial charge in [0.15, 0.2) is 0 Å². The molecule has 102 valence electrons. The molecule has 0 bridgehead atoms. The summed E-state index contributed by atoms with van der Waals surface area (Å²) >= 11 is 0. The van der Waals surface area contributed by atoms with E-state index < -0.39 is 0 Å². The number of nitrogens with one attached hydrogen (secondary N) is 1. The summed E-state index contributed by atoms with van der Waals surface area (Å²) in [5, 5.41) is 12.7. The Hall–Kier alpha value is -0.0800. The van der Waals surface area contributed by atoms with Crippen LogP contribution in [0.5, 0.6) is 0 Å². The first kappa shape index (κ1) is 15.0. The van der Waals surface area contributed by atoms with E-state index in [1.54, 1.807) is 0 Å². The fourth-order valence-corrected chi connectivity index (χ4v) is 2.56. The Kier molecular flexibility index (Phi) is 8.72. The average Bonchev–Trinajstić information content (AvgIpc) is 2.29. The molecule has 0 aliphatic heterocycles. The summed E-state index contributed by atoms with van der Waals surface area (Å²) in [6, 6.07) is 0. The third-order valence-electron chi connectivity index (χ3n) is 3.85. The van der Waals surface area contributed by atoms with E-state index in [9.17, 15) is 0 Å². The van der Waals surface area contributed by atoms with Crippen molar-refractivity contribution < 1.29 is 5.11 Å². The van der Waals surface area contributed by atoms with Crippen LogP contribution >= 0.6 is 0 Å². The van der Waals surface area contributed by atoms with Gasteiger partial charge in [-0.15, -0.1) is 0 Å². The first-order valence-corrected chi connectivity index (χ1v) is 7.71. The van der Waals surface area contributed by atoms with Crippen molar-refractivity contribution in [2.45, 2.75) is 77.2 Å². The summed E-state index contributed by atoms with van der Waals surface area (Å²) in [6.07, 6.45) is 13.2. The molecule has 0 radical (unpaired) electrons. The molecule has 0 saturated heterocycles. The number of aliphatic hydroxyl groups excluding tert-OH is 1. The largest absolute Gasteiger partial charge is 0.393 e. The van der Waals surface area contributed by atoms with Gasteiger partial charge in [-0.25, -0.2) is 0 Å². The standard InChI is InChI=1S/C15H31NO/c1-2-3-4-5-6-7-8-9-10-16-13-14-11-15(17)12-14/h14-17H,2-13H2,1H3. The lowest BCUT2D eigenvalue weighted by atomic mass is 9.82. The molecular weight excluding hydrogens is 210 g/mol. The van der Waals surface area contributed by atoms with Gasteiger partial charge in [0.05, 0.1) is 6.10 Å². The van der Waals surface area contributed by atoms with Gasteiger partial charge in [-0.3, -0.25) is 0 Å². The lowest BCUT2D eigenvalue weighted by Crippen LogP contribution is -2.36. The van der Waals surface area contributed by atoms with E-state index in [0.29, 0.717) is 0 Å². The lowest BCUT2D eigenvalue weighted by Gasteiger charge is -2.31. The maximum absolute atomic E-state index is 9.15. The van der Waals surface area contributed by atoms with Gasteiger partial charge >= 0.3 is 0 Å². The highest BCUT2D eigenvalue weighted by Gasteiger charge is 2.26.